The number of fused-ring (bicyclic) bond motifs is 1. The lowest BCUT2D eigenvalue weighted by atomic mass is 9.75. The third-order valence-corrected chi connectivity index (χ3v) is 7.96. The average molecular weight is 513 g/mol. The van der Waals surface area contributed by atoms with Crippen molar-refractivity contribution in [2.75, 3.05) is 13.1 Å². The van der Waals surface area contributed by atoms with Crippen molar-refractivity contribution in [2.24, 2.45) is 12.5 Å². The van der Waals surface area contributed by atoms with Crippen LogP contribution in [0.5, 0.6) is 0 Å². The summed E-state index contributed by atoms with van der Waals surface area (Å²) < 4.78 is 3.59. The lowest BCUT2D eigenvalue weighted by Gasteiger charge is -2.43. The number of nitrogens with zero attached hydrogens (tertiary/aromatic N) is 6. The van der Waals surface area contributed by atoms with E-state index >= 15 is 0 Å². The molecule has 198 valence electrons. The number of nitriles is 1. The van der Waals surface area contributed by atoms with E-state index in [9.17, 15) is 10.1 Å². The molecule has 9 nitrogen and oxygen atoms in total. The van der Waals surface area contributed by atoms with Gasteiger partial charge in [-0.05, 0) is 57.7 Å². The number of pyridine rings is 1. The van der Waals surface area contributed by atoms with Crippen molar-refractivity contribution in [1.29, 1.82) is 5.26 Å². The highest BCUT2D eigenvalue weighted by molar-refractivity contribution is 5.89. The number of rotatable bonds is 6. The molecule has 5 heterocycles. The van der Waals surface area contributed by atoms with Crippen LogP contribution >= 0.6 is 0 Å². The first-order chi connectivity index (χ1) is 18.2. The molecule has 9 heteroatoms. The van der Waals surface area contributed by atoms with Crippen molar-refractivity contribution < 1.29 is 4.79 Å². The largest absolute Gasteiger partial charge is 0.372 e. The van der Waals surface area contributed by atoms with E-state index in [1.165, 1.54) is 0 Å². The molecule has 1 saturated heterocycles. The third kappa shape index (κ3) is 4.61. The van der Waals surface area contributed by atoms with E-state index in [0.717, 1.165) is 65.8 Å². The van der Waals surface area contributed by atoms with Gasteiger partial charge < -0.3 is 10.6 Å². The fourth-order valence-electron chi connectivity index (χ4n) is 5.71. The molecular weight excluding hydrogens is 476 g/mol. The summed E-state index contributed by atoms with van der Waals surface area (Å²) >= 11 is 0. The predicted molar refractivity (Wildman–Crippen MR) is 148 cm³/mol. The molecule has 2 aliphatic heterocycles. The molecule has 1 unspecified atom stereocenters. The molecule has 1 fully saturated rings. The van der Waals surface area contributed by atoms with Gasteiger partial charge in [-0.1, -0.05) is 13.0 Å². The summed E-state index contributed by atoms with van der Waals surface area (Å²) in [7, 11) is 1.91. The quantitative estimate of drug-likeness (QED) is 0.521. The zero-order valence-electron chi connectivity index (χ0n) is 22.8. The second-order valence-corrected chi connectivity index (χ2v) is 10.8. The molecule has 1 atom stereocenters. The highest BCUT2D eigenvalue weighted by atomic mass is 16.2. The van der Waals surface area contributed by atoms with E-state index in [-0.39, 0.29) is 23.5 Å². The van der Waals surface area contributed by atoms with Crippen molar-refractivity contribution >= 4 is 17.0 Å². The topological polar surface area (TPSA) is 103 Å². The van der Waals surface area contributed by atoms with Crippen molar-refractivity contribution in [1.82, 2.24) is 34.9 Å². The summed E-state index contributed by atoms with van der Waals surface area (Å²) in [6, 6.07) is 4.55. The highest BCUT2D eigenvalue weighted by Crippen LogP contribution is 2.37. The zero-order chi connectivity index (χ0) is 27.0. The number of hydrogen-bond acceptors (Lipinski definition) is 6. The molecule has 3 aromatic rings. The molecule has 2 aliphatic rings. The van der Waals surface area contributed by atoms with Gasteiger partial charge in [-0.25, -0.2) is 4.52 Å². The maximum atomic E-state index is 12.9. The van der Waals surface area contributed by atoms with Crippen LogP contribution in [0.4, 0.5) is 0 Å². The van der Waals surface area contributed by atoms with E-state index in [1.807, 2.05) is 51.1 Å². The van der Waals surface area contributed by atoms with Gasteiger partial charge in [-0.2, -0.15) is 15.5 Å². The van der Waals surface area contributed by atoms with E-state index in [1.54, 1.807) is 10.7 Å². The molecule has 0 aliphatic carbocycles. The number of piperidine rings is 1. The second-order valence-electron chi connectivity index (χ2n) is 10.8. The van der Waals surface area contributed by atoms with Gasteiger partial charge >= 0.3 is 0 Å². The summed E-state index contributed by atoms with van der Waals surface area (Å²) in [5.41, 5.74) is 5.94. The number of allylic oxidation sites excluding steroid dienone is 2. The number of carbonyl (C=O) groups is 1. The highest BCUT2D eigenvalue weighted by Gasteiger charge is 2.41. The van der Waals surface area contributed by atoms with Crippen LogP contribution in [0.3, 0.4) is 0 Å². The molecule has 38 heavy (non-hydrogen) atoms. The summed E-state index contributed by atoms with van der Waals surface area (Å²) in [5.74, 6) is 0.186. The van der Waals surface area contributed by atoms with Crippen LogP contribution in [0.2, 0.25) is 0 Å². The predicted octanol–water partition coefficient (Wildman–Crippen LogP) is 3.76. The van der Waals surface area contributed by atoms with Crippen LogP contribution in [0.25, 0.3) is 22.2 Å². The first-order valence-electron chi connectivity index (χ1n) is 13.4. The maximum absolute atomic E-state index is 12.9. The summed E-state index contributed by atoms with van der Waals surface area (Å²) in [6.45, 7) is 9.85. The molecule has 0 radical (unpaired) electrons. The van der Waals surface area contributed by atoms with E-state index in [4.69, 9.17) is 0 Å². The number of carbonyl (C=O) groups excluding carboxylic acids is 1. The van der Waals surface area contributed by atoms with Gasteiger partial charge in [0.15, 0.2) is 0 Å². The molecule has 3 aromatic heterocycles. The Morgan fingerprint density at radius 3 is 2.63 bits per heavy atom. The van der Waals surface area contributed by atoms with Crippen LogP contribution in [-0.4, -0.2) is 55.5 Å². The Labute approximate surface area is 223 Å². The number of likely N-dealkylation sites (tertiary alicyclic amines) is 1. The van der Waals surface area contributed by atoms with Crippen LogP contribution in [-0.2, 0) is 11.8 Å². The molecule has 1 amide bonds. The number of aryl methyl sites for hydroxylation is 2. The first kappa shape index (κ1) is 25.7. The number of dihydropyridines is 1. The standard InChI is InChI=1S/C29H36N8O/c1-6-29(28(38)33-19(2)3)9-11-36(12-10-29)26-8-7-21(15-31-26)24-13-22(25-18-35(5)34-20(25)4)17-37-27(24)23(14-30)16-32-37/h7-8,13,15-19,26,31H,6,9-12H2,1-5H3,(H,33,38). The number of aromatic nitrogens is 4. The summed E-state index contributed by atoms with van der Waals surface area (Å²) in [4.78, 5) is 15.3. The zero-order valence-corrected chi connectivity index (χ0v) is 22.8. The Morgan fingerprint density at radius 2 is 2.05 bits per heavy atom. The molecule has 0 spiro atoms. The Balaban J connectivity index is 1.38. The minimum absolute atomic E-state index is 0.0573. The molecule has 2 N–H and O–H groups in total. The smallest absolute Gasteiger partial charge is 0.226 e. The summed E-state index contributed by atoms with van der Waals surface area (Å²) in [5, 5.41) is 25.4. The van der Waals surface area contributed by atoms with Crippen LogP contribution < -0.4 is 10.6 Å². The number of hydrogen-bond donors (Lipinski definition) is 2. The van der Waals surface area contributed by atoms with E-state index in [2.05, 4.69) is 56.9 Å². The van der Waals surface area contributed by atoms with Crippen molar-refractivity contribution in [3.8, 4) is 17.2 Å². The lowest BCUT2D eigenvalue weighted by Crippen LogP contribution is -2.54. The van der Waals surface area contributed by atoms with Gasteiger partial charge in [0.25, 0.3) is 0 Å². The van der Waals surface area contributed by atoms with Gasteiger partial charge in [0.05, 0.1) is 34.6 Å². The molecule has 0 bridgehead atoms. The lowest BCUT2D eigenvalue weighted by molar-refractivity contribution is -0.135. The van der Waals surface area contributed by atoms with Crippen LogP contribution in [0.15, 0.2) is 43.0 Å². The Kier molecular flexibility index (Phi) is 6.84. The van der Waals surface area contributed by atoms with Gasteiger partial charge in [-0.15, -0.1) is 0 Å². The average Bonchev–Trinajstić information content (AvgIpc) is 3.49. The monoisotopic (exact) mass is 512 g/mol. The number of amides is 1. The third-order valence-electron chi connectivity index (χ3n) is 7.96. The molecule has 0 saturated carbocycles. The van der Waals surface area contributed by atoms with Crippen molar-refractivity contribution in [3.63, 3.8) is 0 Å². The minimum atomic E-state index is -0.285. The van der Waals surface area contributed by atoms with E-state index < -0.39 is 0 Å². The Morgan fingerprint density at radius 1 is 1.29 bits per heavy atom. The van der Waals surface area contributed by atoms with Crippen LogP contribution in [0.1, 0.15) is 56.9 Å². The van der Waals surface area contributed by atoms with E-state index in [0.29, 0.717) is 5.56 Å². The summed E-state index contributed by atoms with van der Waals surface area (Å²) in [6.07, 6.45) is 14.5. The van der Waals surface area contributed by atoms with Crippen molar-refractivity contribution in [2.45, 2.75) is 59.2 Å². The molecule has 0 aromatic carbocycles. The minimum Gasteiger partial charge on any atom is -0.372 e. The SMILES string of the molecule is CCC1(C(=O)NC(C)C)CCN(C2C=CC(c3cc(-c4cn(C)nc4C)cn4ncc(C#N)c34)=CN2)CC1. The van der Waals surface area contributed by atoms with Gasteiger partial charge in [0.2, 0.25) is 5.91 Å². The second kappa shape index (κ2) is 10.1. The number of nitrogens with one attached hydrogen (secondary N) is 2. The fraction of sp³-hybridized carbons (Fsp3) is 0.448. The molecule has 5 rings (SSSR count). The van der Waals surface area contributed by atoms with Gasteiger partial charge in [-0.3, -0.25) is 14.4 Å². The Hall–Kier alpha value is -3.90. The maximum Gasteiger partial charge on any atom is 0.226 e. The van der Waals surface area contributed by atoms with Gasteiger partial charge in [0, 0.05) is 61.5 Å². The van der Waals surface area contributed by atoms with Gasteiger partial charge in [0.1, 0.15) is 6.07 Å². The fourth-order valence-corrected chi connectivity index (χ4v) is 5.71. The van der Waals surface area contributed by atoms with Crippen molar-refractivity contribution in [3.05, 3.63) is 59.8 Å². The van der Waals surface area contributed by atoms with Crippen LogP contribution in [0, 0.1) is 23.7 Å². The normalized spacial score (nSPS) is 19.3. The molecular formula is C29H36N8O. The first-order valence-corrected chi connectivity index (χ1v) is 13.4. The Bertz CT molecular complexity index is 1460.